The number of hydrogen-bond acceptors (Lipinski definition) is 3. The van der Waals surface area contributed by atoms with Crippen LogP contribution in [0.3, 0.4) is 0 Å². The highest BCUT2D eigenvalue weighted by Crippen LogP contribution is 2.38. The van der Waals surface area contributed by atoms with Crippen molar-refractivity contribution in [1.29, 1.82) is 5.26 Å². The van der Waals surface area contributed by atoms with Crippen LogP contribution in [0.15, 0.2) is 12.1 Å². The first-order valence-electron chi connectivity index (χ1n) is 5.79. The van der Waals surface area contributed by atoms with Crippen molar-refractivity contribution >= 4 is 5.97 Å². The predicted octanol–water partition coefficient (Wildman–Crippen LogP) is 3.62. The first-order chi connectivity index (χ1) is 9.72. The second-order valence-corrected chi connectivity index (χ2v) is 3.96. The summed E-state index contributed by atoms with van der Waals surface area (Å²) in [4.78, 5) is 11.3. The fourth-order valence-corrected chi connectivity index (χ4v) is 1.80. The van der Waals surface area contributed by atoms with E-state index < -0.39 is 47.2 Å². The molecule has 0 aromatic heterocycles. The van der Waals surface area contributed by atoms with Crippen molar-refractivity contribution in [2.75, 3.05) is 6.61 Å². The number of ether oxygens (including phenoxy) is 1. The number of rotatable bonds is 4. The maximum absolute atomic E-state index is 13.0. The van der Waals surface area contributed by atoms with E-state index in [1.54, 1.807) is 0 Å². The molecule has 0 amide bonds. The summed E-state index contributed by atoms with van der Waals surface area (Å²) < 4.78 is 69.0. The van der Waals surface area contributed by atoms with Crippen LogP contribution in [-0.4, -0.2) is 12.6 Å². The quantitative estimate of drug-likeness (QED) is 0.630. The Morgan fingerprint density at radius 2 is 2.00 bits per heavy atom. The fraction of sp³-hybridized carbons (Fsp3) is 0.385. The summed E-state index contributed by atoms with van der Waals surface area (Å²) >= 11 is 0. The van der Waals surface area contributed by atoms with Crippen LogP contribution in [0.5, 0.6) is 0 Å². The van der Waals surface area contributed by atoms with Gasteiger partial charge in [-0.15, -0.1) is 0 Å². The first kappa shape index (κ1) is 16.9. The zero-order valence-corrected chi connectivity index (χ0v) is 10.8. The fourth-order valence-electron chi connectivity index (χ4n) is 1.80. The van der Waals surface area contributed by atoms with Crippen molar-refractivity contribution < 1.29 is 31.5 Å². The minimum Gasteiger partial charge on any atom is -0.466 e. The van der Waals surface area contributed by atoms with Crippen LogP contribution in [0, 0.1) is 11.3 Å². The highest BCUT2D eigenvalue weighted by molar-refractivity contribution is 5.74. The standard InChI is InChI=1S/C13H10F5NO2/c1-2-21-10(20)5-7-3-4-8(12(14)15)9(6-19)11(7)13(16,17)18/h3-4,12H,2,5H2,1H3. The van der Waals surface area contributed by atoms with Gasteiger partial charge in [0, 0.05) is 5.56 Å². The summed E-state index contributed by atoms with van der Waals surface area (Å²) in [7, 11) is 0. The molecule has 0 spiro atoms. The Labute approximate surface area is 116 Å². The Balaban J connectivity index is 3.46. The van der Waals surface area contributed by atoms with Crippen LogP contribution in [0.1, 0.15) is 35.6 Å². The van der Waals surface area contributed by atoms with Crippen LogP contribution in [0.4, 0.5) is 22.0 Å². The molecule has 0 fully saturated rings. The van der Waals surface area contributed by atoms with Crippen molar-refractivity contribution in [3.05, 3.63) is 34.4 Å². The van der Waals surface area contributed by atoms with Crippen molar-refractivity contribution in [3.8, 4) is 6.07 Å². The van der Waals surface area contributed by atoms with E-state index in [2.05, 4.69) is 4.74 Å². The van der Waals surface area contributed by atoms with Gasteiger partial charge in [0.05, 0.1) is 24.2 Å². The zero-order valence-electron chi connectivity index (χ0n) is 10.8. The number of nitriles is 1. The van der Waals surface area contributed by atoms with E-state index in [9.17, 15) is 26.7 Å². The Hall–Kier alpha value is -2.17. The monoisotopic (exact) mass is 307 g/mol. The lowest BCUT2D eigenvalue weighted by Gasteiger charge is -2.16. The third-order valence-corrected chi connectivity index (χ3v) is 2.59. The third kappa shape index (κ3) is 3.90. The van der Waals surface area contributed by atoms with E-state index in [0.717, 1.165) is 12.1 Å². The molecule has 0 aliphatic carbocycles. The van der Waals surface area contributed by atoms with Gasteiger partial charge in [-0.3, -0.25) is 4.79 Å². The molecule has 0 aliphatic heterocycles. The van der Waals surface area contributed by atoms with E-state index in [4.69, 9.17) is 5.26 Å². The Morgan fingerprint density at radius 1 is 1.38 bits per heavy atom. The highest BCUT2D eigenvalue weighted by atomic mass is 19.4. The van der Waals surface area contributed by atoms with E-state index in [-0.39, 0.29) is 6.61 Å². The van der Waals surface area contributed by atoms with Gasteiger partial charge in [0.2, 0.25) is 0 Å². The van der Waals surface area contributed by atoms with E-state index in [1.807, 2.05) is 0 Å². The number of alkyl halides is 5. The molecule has 0 N–H and O–H groups in total. The minimum absolute atomic E-state index is 0.0274. The topological polar surface area (TPSA) is 50.1 Å². The van der Waals surface area contributed by atoms with Gasteiger partial charge < -0.3 is 4.74 Å². The molecule has 0 saturated carbocycles. The van der Waals surface area contributed by atoms with Gasteiger partial charge in [-0.1, -0.05) is 12.1 Å². The second kappa shape index (κ2) is 6.52. The molecule has 0 heterocycles. The molecule has 0 aliphatic rings. The van der Waals surface area contributed by atoms with Crippen LogP contribution >= 0.6 is 0 Å². The Kier molecular flexibility index (Phi) is 5.24. The van der Waals surface area contributed by atoms with Crippen LogP contribution in [0.25, 0.3) is 0 Å². The van der Waals surface area contributed by atoms with Crippen LogP contribution in [0.2, 0.25) is 0 Å². The third-order valence-electron chi connectivity index (χ3n) is 2.59. The molecule has 0 radical (unpaired) electrons. The average molecular weight is 307 g/mol. The first-order valence-corrected chi connectivity index (χ1v) is 5.79. The molecule has 1 rings (SSSR count). The van der Waals surface area contributed by atoms with Gasteiger partial charge in [-0.25, -0.2) is 8.78 Å². The summed E-state index contributed by atoms with van der Waals surface area (Å²) in [6.45, 7) is 1.45. The smallest absolute Gasteiger partial charge is 0.417 e. The summed E-state index contributed by atoms with van der Waals surface area (Å²) in [5.74, 6) is -0.934. The van der Waals surface area contributed by atoms with Gasteiger partial charge in [0.25, 0.3) is 6.43 Å². The lowest BCUT2D eigenvalue weighted by Crippen LogP contribution is -2.17. The lowest BCUT2D eigenvalue weighted by molar-refractivity contribution is -0.143. The average Bonchev–Trinajstić information content (AvgIpc) is 2.36. The molecule has 1 aromatic carbocycles. The van der Waals surface area contributed by atoms with Gasteiger partial charge in [-0.2, -0.15) is 18.4 Å². The lowest BCUT2D eigenvalue weighted by atomic mass is 9.94. The summed E-state index contributed by atoms with van der Waals surface area (Å²) in [6, 6.07) is 2.63. The summed E-state index contributed by atoms with van der Waals surface area (Å²) in [6.07, 6.45) is -9.00. The zero-order chi connectivity index (χ0) is 16.2. The van der Waals surface area contributed by atoms with Crippen molar-refractivity contribution in [2.45, 2.75) is 25.9 Å². The molecule has 1 aromatic rings. The van der Waals surface area contributed by atoms with Gasteiger partial charge in [-0.05, 0) is 12.5 Å². The normalized spacial score (nSPS) is 11.3. The van der Waals surface area contributed by atoms with Crippen molar-refractivity contribution in [2.24, 2.45) is 0 Å². The summed E-state index contributed by atoms with van der Waals surface area (Å²) in [5.41, 5.74) is -4.27. The maximum atomic E-state index is 13.0. The van der Waals surface area contributed by atoms with Gasteiger partial charge >= 0.3 is 12.1 Å². The number of esters is 1. The number of benzene rings is 1. The maximum Gasteiger partial charge on any atom is 0.417 e. The van der Waals surface area contributed by atoms with Gasteiger partial charge in [0.1, 0.15) is 6.07 Å². The highest BCUT2D eigenvalue weighted by Gasteiger charge is 2.38. The molecule has 8 heteroatoms. The van der Waals surface area contributed by atoms with E-state index in [0.29, 0.717) is 6.07 Å². The number of carbonyl (C=O) groups excluding carboxylic acids is 1. The van der Waals surface area contributed by atoms with Gasteiger partial charge in [0.15, 0.2) is 0 Å². The molecule has 21 heavy (non-hydrogen) atoms. The molecule has 114 valence electrons. The number of halogens is 5. The van der Waals surface area contributed by atoms with E-state index >= 15 is 0 Å². The van der Waals surface area contributed by atoms with E-state index in [1.165, 1.54) is 6.92 Å². The molecule has 0 saturated heterocycles. The number of nitrogens with zero attached hydrogens (tertiary/aromatic N) is 1. The van der Waals surface area contributed by atoms with Crippen LogP contribution < -0.4 is 0 Å². The molecule has 3 nitrogen and oxygen atoms in total. The predicted molar refractivity (Wildman–Crippen MR) is 61.5 cm³/mol. The SMILES string of the molecule is CCOC(=O)Cc1ccc(C(F)F)c(C#N)c1C(F)(F)F. The minimum atomic E-state index is -5.03. The van der Waals surface area contributed by atoms with Crippen molar-refractivity contribution in [3.63, 3.8) is 0 Å². The van der Waals surface area contributed by atoms with Crippen LogP contribution in [-0.2, 0) is 22.1 Å². The second-order valence-electron chi connectivity index (χ2n) is 3.96. The Bertz CT molecular complexity index is 575. The summed E-state index contributed by atoms with van der Waals surface area (Å²) in [5, 5.41) is 8.77. The molecule has 0 atom stereocenters. The molecular weight excluding hydrogens is 297 g/mol. The molecular formula is C13H10F5NO2. The largest absolute Gasteiger partial charge is 0.466 e. The number of hydrogen-bond donors (Lipinski definition) is 0. The number of carbonyl (C=O) groups is 1. The molecule has 0 unspecified atom stereocenters. The Morgan fingerprint density at radius 3 is 2.43 bits per heavy atom. The van der Waals surface area contributed by atoms with Crippen molar-refractivity contribution in [1.82, 2.24) is 0 Å². The molecule has 0 bridgehead atoms.